The van der Waals surface area contributed by atoms with Crippen LogP contribution in [0.3, 0.4) is 0 Å². The summed E-state index contributed by atoms with van der Waals surface area (Å²) < 4.78 is 16.3. The molecular weight excluding hydrogens is 486 g/mol. The molecule has 0 radical (unpaired) electrons. The maximum Gasteiger partial charge on any atom is 0.249 e. The SMILES string of the molecule is COc1cc([C@@H](CC(=O)N[C@@H](CCSC)c2nc(C(C)C)no2)c2oc(C)cc(=O)c2O)ccc1O. The lowest BCUT2D eigenvalue weighted by Crippen LogP contribution is -2.30. The van der Waals surface area contributed by atoms with Gasteiger partial charge in [-0.2, -0.15) is 16.7 Å². The molecule has 0 bridgehead atoms. The van der Waals surface area contributed by atoms with Gasteiger partial charge in [-0.3, -0.25) is 9.59 Å². The molecule has 3 rings (SSSR count). The third kappa shape index (κ3) is 6.39. The number of phenolic OH excluding ortho intramolecular Hbond substituents is 1. The lowest BCUT2D eigenvalue weighted by Gasteiger charge is -2.20. The van der Waals surface area contributed by atoms with Crippen molar-refractivity contribution >= 4 is 17.7 Å². The Hall–Kier alpha value is -3.47. The Morgan fingerprint density at radius 2 is 2.00 bits per heavy atom. The van der Waals surface area contributed by atoms with Crippen molar-refractivity contribution < 1.29 is 28.7 Å². The minimum absolute atomic E-state index is 0.0524. The van der Waals surface area contributed by atoms with Crippen molar-refractivity contribution in [1.29, 1.82) is 0 Å². The van der Waals surface area contributed by atoms with Crippen LogP contribution in [0, 0.1) is 6.92 Å². The highest BCUT2D eigenvalue weighted by Crippen LogP contribution is 2.37. The zero-order valence-electron chi connectivity index (χ0n) is 20.9. The number of rotatable bonds is 11. The number of aryl methyl sites for hydroxylation is 1. The zero-order valence-corrected chi connectivity index (χ0v) is 21.7. The number of aromatic hydroxyl groups is 2. The number of nitrogens with zero attached hydrogens (tertiary/aromatic N) is 2. The van der Waals surface area contributed by atoms with Gasteiger partial charge in [0.25, 0.3) is 0 Å². The summed E-state index contributed by atoms with van der Waals surface area (Å²) in [6.07, 6.45) is 2.35. The van der Waals surface area contributed by atoms with Gasteiger partial charge >= 0.3 is 0 Å². The van der Waals surface area contributed by atoms with Crippen LogP contribution in [0.1, 0.15) is 73.4 Å². The van der Waals surface area contributed by atoms with Gasteiger partial charge in [-0.05, 0) is 43.0 Å². The van der Waals surface area contributed by atoms with Crippen LogP contribution in [0.2, 0.25) is 0 Å². The van der Waals surface area contributed by atoms with Crippen molar-refractivity contribution in [2.24, 2.45) is 0 Å². The second kappa shape index (κ2) is 12.0. The second-order valence-electron chi connectivity index (χ2n) is 8.67. The first kappa shape index (κ1) is 27.1. The Kier molecular flexibility index (Phi) is 9.03. The van der Waals surface area contributed by atoms with Crippen molar-refractivity contribution in [3.63, 3.8) is 0 Å². The Balaban J connectivity index is 1.96. The van der Waals surface area contributed by atoms with Gasteiger partial charge in [-0.1, -0.05) is 25.1 Å². The molecule has 0 saturated carbocycles. The quantitative estimate of drug-likeness (QED) is 0.341. The molecule has 3 N–H and O–H groups in total. The summed E-state index contributed by atoms with van der Waals surface area (Å²) >= 11 is 1.62. The van der Waals surface area contributed by atoms with Gasteiger partial charge < -0.3 is 29.2 Å². The first-order valence-corrected chi connectivity index (χ1v) is 12.9. The lowest BCUT2D eigenvalue weighted by molar-refractivity contribution is -0.122. The molecule has 0 aliphatic carbocycles. The van der Waals surface area contributed by atoms with E-state index in [9.17, 15) is 19.8 Å². The third-order valence-electron chi connectivity index (χ3n) is 5.60. The molecule has 10 nitrogen and oxygen atoms in total. The van der Waals surface area contributed by atoms with Crippen LogP contribution in [0.5, 0.6) is 17.2 Å². The molecule has 2 aromatic heterocycles. The van der Waals surface area contributed by atoms with Crippen molar-refractivity contribution in [3.05, 3.63) is 63.3 Å². The molecule has 3 aromatic rings. The fraction of sp³-hybridized carbons (Fsp3) is 0.440. The van der Waals surface area contributed by atoms with E-state index in [1.807, 2.05) is 20.1 Å². The lowest BCUT2D eigenvalue weighted by atomic mass is 9.91. The van der Waals surface area contributed by atoms with Crippen LogP contribution in [-0.2, 0) is 4.79 Å². The maximum absolute atomic E-state index is 13.3. The Labute approximate surface area is 213 Å². The fourth-order valence-corrected chi connectivity index (χ4v) is 4.16. The van der Waals surface area contributed by atoms with Crippen LogP contribution in [0.4, 0.5) is 0 Å². The van der Waals surface area contributed by atoms with Gasteiger partial charge in [0.05, 0.1) is 13.0 Å². The minimum atomic E-state index is -0.845. The van der Waals surface area contributed by atoms with E-state index in [4.69, 9.17) is 13.7 Å². The average molecular weight is 518 g/mol. The molecule has 0 spiro atoms. The van der Waals surface area contributed by atoms with E-state index >= 15 is 0 Å². The van der Waals surface area contributed by atoms with Crippen LogP contribution >= 0.6 is 11.8 Å². The molecule has 1 aromatic carbocycles. The molecule has 11 heteroatoms. The Morgan fingerprint density at radius 3 is 2.64 bits per heavy atom. The summed E-state index contributed by atoms with van der Waals surface area (Å²) in [5.41, 5.74) is -0.112. The third-order valence-corrected chi connectivity index (χ3v) is 6.25. The molecule has 0 saturated heterocycles. The van der Waals surface area contributed by atoms with Gasteiger partial charge in [-0.25, -0.2) is 0 Å². The standard InChI is InChI=1S/C25H31N3O7S/c1-13(2)24-27-25(35-28-24)17(8-9-36-5)26-21(31)12-16(15-6-7-18(29)20(11-15)33-4)23-22(32)19(30)10-14(3)34-23/h6-7,10-11,13,16-17,29,32H,8-9,12H2,1-5H3,(H,26,31)/t16-,17+/m1/s1. The molecule has 0 unspecified atom stereocenters. The van der Waals surface area contributed by atoms with Gasteiger partial charge in [0.2, 0.25) is 23.0 Å². The second-order valence-corrected chi connectivity index (χ2v) is 9.65. The zero-order chi connectivity index (χ0) is 26.4. The molecule has 194 valence electrons. The molecular formula is C25H31N3O7S. The Morgan fingerprint density at radius 1 is 1.25 bits per heavy atom. The highest BCUT2D eigenvalue weighted by atomic mass is 32.2. The smallest absolute Gasteiger partial charge is 0.249 e. The number of methoxy groups -OCH3 is 1. The van der Waals surface area contributed by atoms with Gasteiger partial charge in [0.1, 0.15) is 11.8 Å². The minimum Gasteiger partial charge on any atom is -0.504 e. The van der Waals surface area contributed by atoms with E-state index in [2.05, 4.69) is 15.5 Å². The Bertz CT molecular complexity index is 1250. The number of aromatic nitrogens is 2. The van der Waals surface area contributed by atoms with E-state index in [-0.39, 0.29) is 41.3 Å². The maximum atomic E-state index is 13.3. The van der Waals surface area contributed by atoms with Crippen LogP contribution < -0.4 is 15.5 Å². The highest BCUT2D eigenvalue weighted by Gasteiger charge is 2.29. The van der Waals surface area contributed by atoms with Gasteiger partial charge in [-0.15, -0.1) is 0 Å². The molecule has 2 heterocycles. The van der Waals surface area contributed by atoms with E-state index in [0.29, 0.717) is 23.7 Å². The normalized spacial score (nSPS) is 12.9. The van der Waals surface area contributed by atoms with Crippen molar-refractivity contribution in [1.82, 2.24) is 15.5 Å². The predicted octanol–water partition coefficient (Wildman–Crippen LogP) is 4.01. The largest absolute Gasteiger partial charge is 0.504 e. The first-order valence-electron chi connectivity index (χ1n) is 11.5. The van der Waals surface area contributed by atoms with Crippen molar-refractivity contribution in [2.75, 3.05) is 19.1 Å². The predicted molar refractivity (Wildman–Crippen MR) is 135 cm³/mol. The molecule has 0 fully saturated rings. The van der Waals surface area contributed by atoms with E-state index < -0.39 is 23.1 Å². The monoisotopic (exact) mass is 517 g/mol. The first-order chi connectivity index (χ1) is 17.1. The number of ether oxygens (including phenoxy) is 1. The van der Waals surface area contributed by atoms with Gasteiger partial charge in [0, 0.05) is 18.4 Å². The molecule has 2 atom stereocenters. The van der Waals surface area contributed by atoms with E-state index in [1.54, 1.807) is 24.8 Å². The number of carbonyl (C=O) groups excluding carboxylic acids is 1. The number of carbonyl (C=O) groups is 1. The number of phenols is 1. The van der Waals surface area contributed by atoms with Crippen LogP contribution in [0.15, 0.2) is 38.0 Å². The summed E-state index contributed by atoms with van der Waals surface area (Å²) in [6.45, 7) is 5.48. The number of amides is 1. The number of hydrogen-bond acceptors (Lipinski definition) is 10. The molecule has 36 heavy (non-hydrogen) atoms. The number of hydrogen-bond donors (Lipinski definition) is 3. The average Bonchev–Trinajstić information content (AvgIpc) is 3.34. The van der Waals surface area contributed by atoms with E-state index in [1.165, 1.54) is 25.3 Å². The fourth-order valence-electron chi connectivity index (χ4n) is 3.69. The van der Waals surface area contributed by atoms with Crippen molar-refractivity contribution in [2.45, 2.75) is 51.5 Å². The topological polar surface area (TPSA) is 148 Å². The number of thioether (sulfide) groups is 1. The number of benzene rings is 1. The summed E-state index contributed by atoms with van der Waals surface area (Å²) in [5.74, 6) is 0.194. The molecule has 1 amide bonds. The van der Waals surface area contributed by atoms with Gasteiger partial charge in [0.15, 0.2) is 23.1 Å². The summed E-state index contributed by atoms with van der Waals surface area (Å²) in [5, 5.41) is 27.5. The van der Waals surface area contributed by atoms with Crippen LogP contribution in [-0.4, -0.2) is 45.4 Å². The summed E-state index contributed by atoms with van der Waals surface area (Å²) in [7, 11) is 1.40. The summed E-state index contributed by atoms with van der Waals surface area (Å²) in [4.78, 5) is 30.0. The van der Waals surface area contributed by atoms with E-state index in [0.717, 1.165) is 5.75 Å². The molecule has 0 aliphatic rings. The summed E-state index contributed by atoms with van der Waals surface area (Å²) in [6, 6.07) is 5.19. The highest BCUT2D eigenvalue weighted by molar-refractivity contribution is 7.98. The van der Waals surface area contributed by atoms with Crippen LogP contribution in [0.25, 0.3) is 0 Å². The van der Waals surface area contributed by atoms with Crippen molar-refractivity contribution in [3.8, 4) is 17.2 Å². The molecule has 0 aliphatic heterocycles. The number of nitrogens with one attached hydrogen (secondary N) is 1.